The molecule has 0 saturated heterocycles. The zero-order chi connectivity index (χ0) is 17.8. The smallest absolute Gasteiger partial charge is 0.235 e. The summed E-state index contributed by atoms with van der Waals surface area (Å²) in [6.45, 7) is 2.25. The predicted molar refractivity (Wildman–Crippen MR) is 99.9 cm³/mol. The van der Waals surface area contributed by atoms with Gasteiger partial charge in [-0.3, -0.25) is 4.79 Å². The molecule has 3 rings (SSSR count). The number of fused-ring (bicyclic) bond motifs is 1. The van der Waals surface area contributed by atoms with E-state index >= 15 is 0 Å². The van der Waals surface area contributed by atoms with Gasteiger partial charge in [-0.1, -0.05) is 48.2 Å². The largest absolute Gasteiger partial charge is 0.340 e. The van der Waals surface area contributed by atoms with Crippen LogP contribution in [0, 0.1) is 5.82 Å². The standard InChI is InChI=1S/C20H19FN2OS/c1-14(20(24)23(2)13-15-6-5-8-17(21)12-15)25-19-11-10-16-7-3-4-9-18(16)22-19/h3-12,14H,13H2,1-2H3. The number of nitrogens with zero attached hydrogens (tertiary/aromatic N) is 2. The van der Waals surface area contributed by atoms with Crippen molar-refractivity contribution in [3.8, 4) is 0 Å². The van der Waals surface area contributed by atoms with E-state index in [2.05, 4.69) is 4.98 Å². The highest BCUT2D eigenvalue weighted by atomic mass is 32.2. The average Bonchev–Trinajstić information content (AvgIpc) is 2.61. The van der Waals surface area contributed by atoms with E-state index < -0.39 is 0 Å². The fraction of sp³-hybridized carbons (Fsp3) is 0.200. The summed E-state index contributed by atoms with van der Waals surface area (Å²) >= 11 is 1.43. The van der Waals surface area contributed by atoms with Crippen LogP contribution in [0.1, 0.15) is 12.5 Å². The van der Waals surface area contributed by atoms with Crippen molar-refractivity contribution in [2.45, 2.75) is 23.7 Å². The Hall–Kier alpha value is -2.40. The van der Waals surface area contributed by atoms with Crippen LogP contribution >= 0.6 is 11.8 Å². The van der Waals surface area contributed by atoms with Gasteiger partial charge in [0.05, 0.1) is 15.8 Å². The van der Waals surface area contributed by atoms with Gasteiger partial charge >= 0.3 is 0 Å². The number of aromatic nitrogens is 1. The van der Waals surface area contributed by atoms with E-state index in [1.54, 1.807) is 18.0 Å². The third-order valence-electron chi connectivity index (χ3n) is 3.90. The number of amides is 1. The topological polar surface area (TPSA) is 33.2 Å². The van der Waals surface area contributed by atoms with Gasteiger partial charge < -0.3 is 4.90 Å². The van der Waals surface area contributed by atoms with Crippen molar-refractivity contribution in [1.29, 1.82) is 0 Å². The molecule has 0 N–H and O–H groups in total. The minimum Gasteiger partial charge on any atom is -0.340 e. The van der Waals surface area contributed by atoms with Crippen LogP contribution in [0.25, 0.3) is 10.9 Å². The summed E-state index contributed by atoms with van der Waals surface area (Å²) in [6.07, 6.45) is 0. The molecule has 0 aliphatic carbocycles. The molecule has 128 valence electrons. The first-order chi connectivity index (χ1) is 12.0. The average molecular weight is 354 g/mol. The van der Waals surface area contributed by atoms with Crippen molar-refractivity contribution < 1.29 is 9.18 Å². The summed E-state index contributed by atoms with van der Waals surface area (Å²) in [5.74, 6) is -0.301. The normalized spacial score (nSPS) is 12.1. The molecule has 1 atom stereocenters. The van der Waals surface area contributed by atoms with Crippen molar-refractivity contribution in [1.82, 2.24) is 9.88 Å². The quantitative estimate of drug-likeness (QED) is 0.632. The summed E-state index contributed by atoms with van der Waals surface area (Å²) in [5.41, 5.74) is 1.69. The van der Waals surface area contributed by atoms with E-state index in [1.165, 1.54) is 23.9 Å². The highest BCUT2D eigenvalue weighted by Crippen LogP contribution is 2.25. The molecule has 3 nitrogen and oxygen atoms in total. The van der Waals surface area contributed by atoms with E-state index in [-0.39, 0.29) is 17.0 Å². The van der Waals surface area contributed by atoms with Crippen LogP contribution in [0.3, 0.4) is 0 Å². The van der Waals surface area contributed by atoms with E-state index in [9.17, 15) is 9.18 Å². The summed E-state index contributed by atoms with van der Waals surface area (Å²) in [6, 6.07) is 18.2. The number of halogens is 1. The number of pyridine rings is 1. The summed E-state index contributed by atoms with van der Waals surface area (Å²) < 4.78 is 13.3. The van der Waals surface area contributed by atoms with Crippen molar-refractivity contribution in [2.75, 3.05) is 7.05 Å². The van der Waals surface area contributed by atoms with Crippen molar-refractivity contribution in [3.63, 3.8) is 0 Å². The molecular formula is C20H19FN2OS. The minimum absolute atomic E-state index is 0.00998. The first-order valence-electron chi connectivity index (χ1n) is 8.05. The number of carbonyl (C=O) groups excluding carboxylic acids is 1. The van der Waals surface area contributed by atoms with Crippen molar-refractivity contribution >= 4 is 28.6 Å². The molecule has 0 aliphatic rings. The molecule has 0 fully saturated rings. The second kappa shape index (κ2) is 7.66. The van der Waals surface area contributed by atoms with Crippen LogP contribution in [0.2, 0.25) is 0 Å². The molecule has 0 spiro atoms. The Bertz CT molecular complexity index is 900. The second-order valence-electron chi connectivity index (χ2n) is 5.93. The van der Waals surface area contributed by atoms with Crippen LogP contribution in [0.15, 0.2) is 65.7 Å². The molecule has 2 aromatic carbocycles. The maximum Gasteiger partial charge on any atom is 0.235 e. The highest BCUT2D eigenvalue weighted by Gasteiger charge is 2.19. The highest BCUT2D eigenvalue weighted by molar-refractivity contribution is 8.00. The third-order valence-corrected chi connectivity index (χ3v) is 4.93. The van der Waals surface area contributed by atoms with Crippen LogP contribution in [-0.4, -0.2) is 28.1 Å². The van der Waals surface area contributed by atoms with E-state index in [1.807, 2.05) is 49.4 Å². The van der Waals surface area contributed by atoms with E-state index in [4.69, 9.17) is 0 Å². The Morgan fingerprint density at radius 3 is 2.76 bits per heavy atom. The minimum atomic E-state index is -0.291. The lowest BCUT2D eigenvalue weighted by Crippen LogP contribution is -2.32. The molecule has 0 aliphatic heterocycles. The van der Waals surface area contributed by atoms with Gasteiger partial charge in [0.2, 0.25) is 5.91 Å². The van der Waals surface area contributed by atoms with Crippen molar-refractivity contribution in [2.24, 2.45) is 0 Å². The molecule has 3 aromatic rings. The summed E-state index contributed by atoms with van der Waals surface area (Å²) in [4.78, 5) is 18.8. The summed E-state index contributed by atoms with van der Waals surface area (Å²) in [7, 11) is 1.73. The van der Waals surface area contributed by atoms with Gasteiger partial charge in [-0.05, 0) is 36.8 Å². The third kappa shape index (κ3) is 4.37. The van der Waals surface area contributed by atoms with Gasteiger partial charge in [0.25, 0.3) is 0 Å². The number of hydrogen-bond acceptors (Lipinski definition) is 3. The molecule has 5 heteroatoms. The fourth-order valence-corrected chi connectivity index (χ4v) is 3.58. The van der Waals surface area contributed by atoms with Crippen LogP contribution in [-0.2, 0) is 11.3 Å². The number of benzene rings is 2. The molecule has 1 heterocycles. The SMILES string of the molecule is CC(Sc1ccc2ccccc2n1)C(=O)N(C)Cc1cccc(F)c1. The monoisotopic (exact) mass is 354 g/mol. The Morgan fingerprint density at radius 2 is 1.96 bits per heavy atom. The van der Waals surface area contributed by atoms with Crippen LogP contribution < -0.4 is 0 Å². The molecule has 0 bridgehead atoms. The van der Waals surface area contributed by atoms with Crippen LogP contribution in [0.4, 0.5) is 4.39 Å². The molecular weight excluding hydrogens is 335 g/mol. The molecule has 25 heavy (non-hydrogen) atoms. The lowest BCUT2D eigenvalue weighted by atomic mass is 10.2. The van der Waals surface area contributed by atoms with Gasteiger partial charge in [0.15, 0.2) is 0 Å². The predicted octanol–water partition coefficient (Wildman–Crippen LogP) is 4.51. The molecule has 1 unspecified atom stereocenters. The Morgan fingerprint density at radius 1 is 1.16 bits per heavy atom. The molecule has 0 saturated carbocycles. The van der Waals surface area contributed by atoms with Gasteiger partial charge in [-0.2, -0.15) is 0 Å². The Balaban J connectivity index is 1.66. The number of para-hydroxylation sites is 1. The van der Waals surface area contributed by atoms with Gasteiger partial charge in [-0.25, -0.2) is 9.37 Å². The first-order valence-corrected chi connectivity index (χ1v) is 8.93. The second-order valence-corrected chi connectivity index (χ2v) is 7.29. The van der Waals surface area contributed by atoms with Gasteiger partial charge in [-0.15, -0.1) is 0 Å². The number of thioether (sulfide) groups is 1. The van der Waals surface area contributed by atoms with Crippen LogP contribution in [0.5, 0.6) is 0 Å². The molecule has 0 radical (unpaired) electrons. The fourth-order valence-electron chi connectivity index (χ4n) is 2.64. The lowest BCUT2D eigenvalue weighted by molar-refractivity contribution is -0.129. The maximum absolute atomic E-state index is 13.3. The van der Waals surface area contributed by atoms with E-state index in [0.29, 0.717) is 6.54 Å². The molecule has 1 aromatic heterocycles. The molecule has 1 amide bonds. The first kappa shape index (κ1) is 17.4. The maximum atomic E-state index is 13.3. The zero-order valence-electron chi connectivity index (χ0n) is 14.1. The number of hydrogen-bond donors (Lipinski definition) is 0. The Labute approximate surface area is 150 Å². The van der Waals surface area contributed by atoms with Gasteiger partial charge in [0, 0.05) is 19.0 Å². The van der Waals surface area contributed by atoms with Gasteiger partial charge in [0.1, 0.15) is 5.82 Å². The number of rotatable bonds is 5. The van der Waals surface area contributed by atoms with Crippen molar-refractivity contribution in [3.05, 3.63) is 72.0 Å². The summed E-state index contributed by atoms with van der Waals surface area (Å²) in [5, 5.41) is 1.62. The number of carbonyl (C=O) groups is 1. The Kier molecular flexibility index (Phi) is 5.34. The van der Waals surface area contributed by atoms with E-state index in [0.717, 1.165) is 21.5 Å². The lowest BCUT2D eigenvalue weighted by Gasteiger charge is -2.21. The zero-order valence-corrected chi connectivity index (χ0v) is 15.0.